The van der Waals surface area contributed by atoms with Gasteiger partial charge in [0.25, 0.3) is 0 Å². The number of nitrogens with two attached hydrogens (primary N) is 1. The van der Waals surface area contributed by atoms with E-state index in [1.165, 1.54) is 11.3 Å². The van der Waals surface area contributed by atoms with Gasteiger partial charge in [-0.2, -0.15) is 0 Å². The molecule has 0 aromatic carbocycles. The predicted molar refractivity (Wildman–Crippen MR) is 89.4 cm³/mol. The molecule has 0 atom stereocenters. The Morgan fingerprint density at radius 3 is 2.81 bits per heavy atom. The summed E-state index contributed by atoms with van der Waals surface area (Å²) in [6.07, 6.45) is 1.08. The third-order valence-corrected chi connectivity index (χ3v) is 3.45. The molecule has 0 fully saturated rings. The van der Waals surface area contributed by atoms with Crippen LogP contribution in [0.15, 0.2) is 21.9 Å². The van der Waals surface area contributed by atoms with Crippen molar-refractivity contribution < 1.29 is 9.21 Å². The van der Waals surface area contributed by atoms with Gasteiger partial charge in [0.15, 0.2) is 10.8 Å². The highest BCUT2D eigenvalue weighted by molar-refractivity contribution is 7.13. The van der Waals surface area contributed by atoms with Crippen LogP contribution in [-0.2, 0) is 11.2 Å². The van der Waals surface area contributed by atoms with E-state index in [0.717, 1.165) is 28.6 Å². The van der Waals surface area contributed by atoms with Gasteiger partial charge in [0.05, 0.1) is 12.1 Å². The smallest absolute Gasteiger partial charge is 0.226 e. The van der Waals surface area contributed by atoms with Crippen LogP contribution in [0.5, 0.6) is 0 Å². The van der Waals surface area contributed by atoms with E-state index in [1.54, 1.807) is 0 Å². The summed E-state index contributed by atoms with van der Waals surface area (Å²) < 4.78 is 5.50. The van der Waals surface area contributed by atoms with Crippen LogP contribution in [0.2, 0.25) is 0 Å². The van der Waals surface area contributed by atoms with E-state index in [4.69, 9.17) is 10.2 Å². The fourth-order valence-electron chi connectivity index (χ4n) is 1.61. The lowest BCUT2D eigenvalue weighted by Gasteiger charge is -2.01. The van der Waals surface area contributed by atoms with E-state index >= 15 is 0 Å². The van der Waals surface area contributed by atoms with Crippen LogP contribution in [0, 0.1) is 6.92 Å². The summed E-state index contributed by atoms with van der Waals surface area (Å²) >= 11 is 1.48. The number of aryl methyl sites for hydroxylation is 1. The Labute approximate surface area is 140 Å². The van der Waals surface area contributed by atoms with Crippen molar-refractivity contribution >= 4 is 42.1 Å². The number of nitrogens with one attached hydrogen (secondary N) is 1. The molecule has 2 rings (SSSR count). The van der Waals surface area contributed by atoms with E-state index in [1.807, 2.05) is 24.4 Å². The van der Waals surface area contributed by atoms with Gasteiger partial charge in [0.2, 0.25) is 5.91 Å². The third kappa shape index (κ3) is 6.05. The number of hydrogen-bond acceptors (Lipinski definition) is 5. The van der Waals surface area contributed by atoms with Gasteiger partial charge in [-0.05, 0) is 32.0 Å². The number of halogens is 2. The van der Waals surface area contributed by atoms with E-state index < -0.39 is 0 Å². The first-order valence-corrected chi connectivity index (χ1v) is 7.05. The molecule has 0 unspecified atom stereocenters. The first-order chi connectivity index (χ1) is 9.19. The number of aromatic nitrogens is 1. The fraction of sp³-hybridized carbons (Fsp3) is 0.385. The number of hydrogen-bond donors (Lipinski definition) is 2. The number of thiazole rings is 1. The zero-order valence-corrected chi connectivity index (χ0v) is 14.1. The zero-order valence-electron chi connectivity index (χ0n) is 11.6. The third-order valence-electron chi connectivity index (χ3n) is 2.55. The van der Waals surface area contributed by atoms with Crippen molar-refractivity contribution in [2.45, 2.75) is 19.8 Å². The van der Waals surface area contributed by atoms with Crippen LogP contribution >= 0.6 is 36.2 Å². The number of nitrogens with zero attached hydrogens (tertiary/aromatic N) is 1. The molecule has 5 nitrogen and oxygen atoms in total. The topological polar surface area (TPSA) is 81.2 Å². The molecule has 0 aliphatic heterocycles. The molecule has 3 N–H and O–H groups in total. The van der Waals surface area contributed by atoms with Crippen LogP contribution in [0.4, 0.5) is 0 Å². The SMILES string of the molecule is Cc1ccc(-c2nc(CC(=O)NCCCN)cs2)o1.Cl.Cl. The van der Waals surface area contributed by atoms with Gasteiger partial charge in [0.1, 0.15) is 5.76 Å². The van der Waals surface area contributed by atoms with Gasteiger partial charge >= 0.3 is 0 Å². The number of furan rings is 1. The highest BCUT2D eigenvalue weighted by atomic mass is 35.5. The van der Waals surface area contributed by atoms with E-state index in [0.29, 0.717) is 19.5 Å². The largest absolute Gasteiger partial charge is 0.459 e. The summed E-state index contributed by atoms with van der Waals surface area (Å²) in [5, 5.41) is 5.50. The predicted octanol–water partition coefficient (Wildman–Crippen LogP) is 2.56. The summed E-state index contributed by atoms with van der Waals surface area (Å²) in [7, 11) is 0. The lowest BCUT2D eigenvalue weighted by atomic mass is 10.3. The minimum atomic E-state index is -0.0269. The molecule has 0 bridgehead atoms. The standard InChI is InChI=1S/C13H17N3O2S.2ClH/c1-9-3-4-11(18-9)13-16-10(8-19-13)7-12(17)15-6-2-5-14;;/h3-4,8H,2,5-7,14H2,1H3,(H,15,17);2*1H. The molecular formula is C13H19Cl2N3O2S. The van der Waals surface area contributed by atoms with Crippen molar-refractivity contribution in [3.8, 4) is 10.8 Å². The normalized spacial score (nSPS) is 9.62. The fourth-order valence-corrected chi connectivity index (χ4v) is 2.39. The quantitative estimate of drug-likeness (QED) is 0.783. The van der Waals surface area contributed by atoms with Crippen LogP contribution in [0.1, 0.15) is 17.9 Å². The molecule has 1 amide bonds. The second-order valence-corrected chi connectivity index (χ2v) is 5.08. The van der Waals surface area contributed by atoms with Crippen molar-refractivity contribution in [3.63, 3.8) is 0 Å². The summed E-state index contributed by atoms with van der Waals surface area (Å²) in [6, 6.07) is 3.79. The maximum absolute atomic E-state index is 11.6. The molecule has 118 valence electrons. The Morgan fingerprint density at radius 2 is 2.19 bits per heavy atom. The Morgan fingerprint density at radius 1 is 1.43 bits per heavy atom. The van der Waals surface area contributed by atoms with Gasteiger partial charge < -0.3 is 15.5 Å². The first-order valence-electron chi connectivity index (χ1n) is 6.17. The molecule has 21 heavy (non-hydrogen) atoms. The van der Waals surface area contributed by atoms with Gasteiger partial charge in [-0.1, -0.05) is 0 Å². The molecule has 0 spiro atoms. The molecule has 0 aliphatic carbocycles. The number of carbonyl (C=O) groups is 1. The summed E-state index contributed by atoms with van der Waals surface area (Å²) in [4.78, 5) is 16.0. The summed E-state index contributed by atoms with van der Waals surface area (Å²) in [5.41, 5.74) is 6.13. The van der Waals surface area contributed by atoms with Crippen LogP contribution in [-0.4, -0.2) is 24.0 Å². The number of rotatable bonds is 6. The first kappa shape index (κ1) is 19.9. The molecule has 2 aromatic heterocycles. The molecule has 0 saturated carbocycles. The van der Waals surface area contributed by atoms with Crippen molar-refractivity contribution in [2.24, 2.45) is 5.73 Å². The Balaban J connectivity index is 0.00000200. The van der Waals surface area contributed by atoms with Crippen molar-refractivity contribution in [2.75, 3.05) is 13.1 Å². The van der Waals surface area contributed by atoms with Gasteiger partial charge in [0, 0.05) is 11.9 Å². The van der Waals surface area contributed by atoms with Crippen molar-refractivity contribution in [3.05, 3.63) is 29.0 Å². The monoisotopic (exact) mass is 351 g/mol. The molecule has 2 heterocycles. The van der Waals surface area contributed by atoms with Crippen LogP contribution < -0.4 is 11.1 Å². The number of carbonyl (C=O) groups excluding carboxylic acids is 1. The van der Waals surface area contributed by atoms with Crippen molar-refractivity contribution in [1.82, 2.24) is 10.3 Å². The Kier molecular flexibility index (Phi) is 9.28. The number of amides is 1. The Hall–Kier alpha value is -1.08. The lowest BCUT2D eigenvalue weighted by molar-refractivity contribution is -0.120. The molecular weight excluding hydrogens is 333 g/mol. The molecule has 8 heteroatoms. The van der Waals surface area contributed by atoms with Gasteiger partial charge in [-0.3, -0.25) is 4.79 Å². The molecule has 0 radical (unpaired) electrons. The van der Waals surface area contributed by atoms with Crippen LogP contribution in [0.3, 0.4) is 0 Å². The summed E-state index contributed by atoms with van der Waals surface area (Å²) in [5.74, 6) is 1.57. The van der Waals surface area contributed by atoms with E-state index in [9.17, 15) is 4.79 Å². The highest BCUT2D eigenvalue weighted by Crippen LogP contribution is 2.25. The average molecular weight is 352 g/mol. The average Bonchev–Trinajstić information content (AvgIpc) is 2.98. The van der Waals surface area contributed by atoms with E-state index in [-0.39, 0.29) is 30.7 Å². The minimum absolute atomic E-state index is 0. The maximum atomic E-state index is 11.6. The highest BCUT2D eigenvalue weighted by Gasteiger charge is 2.10. The minimum Gasteiger partial charge on any atom is -0.459 e. The second-order valence-electron chi connectivity index (χ2n) is 4.22. The lowest BCUT2D eigenvalue weighted by Crippen LogP contribution is -2.27. The van der Waals surface area contributed by atoms with Gasteiger partial charge in [-0.15, -0.1) is 36.2 Å². The molecule has 2 aromatic rings. The van der Waals surface area contributed by atoms with Gasteiger partial charge in [-0.25, -0.2) is 4.98 Å². The molecule has 0 saturated heterocycles. The summed E-state index contributed by atoms with van der Waals surface area (Å²) in [6.45, 7) is 3.09. The molecule has 0 aliphatic rings. The second kappa shape index (κ2) is 9.78. The van der Waals surface area contributed by atoms with E-state index in [2.05, 4.69) is 10.3 Å². The maximum Gasteiger partial charge on any atom is 0.226 e. The van der Waals surface area contributed by atoms with Crippen molar-refractivity contribution in [1.29, 1.82) is 0 Å². The zero-order chi connectivity index (χ0) is 13.7. The Bertz CT molecular complexity index is 557. The van der Waals surface area contributed by atoms with Crippen LogP contribution in [0.25, 0.3) is 10.8 Å².